The summed E-state index contributed by atoms with van der Waals surface area (Å²) < 4.78 is 1.08. The van der Waals surface area contributed by atoms with Gasteiger partial charge in [-0.2, -0.15) is 5.26 Å². The summed E-state index contributed by atoms with van der Waals surface area (Å²) in [5.74, 6) is 0. The predicted octanol–water partition coefficient (Wildman–Crippen LogP) is 4.17. The van der Waals surface area contributed by atoms with Gasteiger partial charge in [0.25, 0.3) is 0 Å². The van der Waals surface area contributed by atoms with E-state index < -0.39 is 0 Å². The summed E-state index contributed by atoms with van der Waals surface area (Å²) in [6, 6.07) is 18.4. The van der Waals surface area contributed by atoms with Crippen LogP contribution in [0.5, 0.6) is 0 Å². The van der Waals surface area contributed by atoms with Crippen molar-refractivity contribution in [1.29, 1.82) is 5.26 Å². The van der Waals surface area contributed by atoms with E-state index in [-0.39, 0.29) is 6.04 Å². The molecule has 0 aliphatic rings. The van der Waals surface area contributed by atoms with E-state index in [0.717, 1.165) is 15.6 Å². The summed E-state index contributed by atoms with van der Waals surface area (Å²) in [5.41, 5.74) is 3.00. The fourth-order valence-corrected chi connectivity index (χ4v) is 2.18. The first kappa shape index (κ1) is 13.8. The molecule has 0 radical (unpaired) electrons. The molecule has 0 aliphatic heterocycles. The number of nitrogens with zero attached hydrogens (tertiary/aromatic N) is 1. The van der Waals surface area contributed by atoms with Crippen molar-refractivity contribution in [2.75, 3.05) is 0 Å². The molecule has 1 atom stereocenters. The Balaban J connectivity index is 2.02. The number of halogens is 1. The third kappa shape index (κ3) is 3.66. The average molecular weight is 315 g/mol. The number of benzene rings is 2. The SMILES string of the molecule is CC(NCc1ccccc1C#N)c1ccc(Br)cc1. The Labute approximate surface area is 122 Å². The van der Waals surface area contributed by atoms with Crippen molar-refractivity contribution >= 4 is 15.9 Å². The first-order chi connectivity index (χ1) is 9.20. The lowest BCUT2D eigenvalue weighted by atomic mass is 10.1. The van der Waals surface area contributed by atoms with Crippen LogP contribution < -0.4 is 5.32 Å². The summed E-state index contributed by atoms with van der Waals surface area (Å²) in [6.45, 7) is 2.82. The van der Waals surface area contributed by atoms with Gasteiger partial charge in [-0.3, -0.25) is 0 Å². The Morgan fingerprint density at radius 3 is 2.53 bits per heavy atom. The maximum Gasteiger partial charge on any atom is 0.0995 e. The molecule has 0 saturated heterocycles. The van der Waals surface area contributed by atoms with Gasteiger partial charge in [0.1, 0.15) is 0 Å². The highest BCUT2D eigenvalue weighted by Crippen LogP contribution is 2.17. The largest absolute Gasteiger partial charge is 0.306 e. The fraction of sp³-hybridized carbons (Fsp3) is 0.188. The van der Waals surface area contributed by atoms with E-state index in [0.29, 0.717) is 6.54 Å². The molecule has 0 amide bonds. The van der Waals surface area contributed by atoms with Crippen molar-refractivity contribution in [1.82, 2.24) is 5.32 Å². The van der Waals surface area contributed by atoms with Crippen LogP contribution in [0.4, 0.5) is 0 Å². The van der Waals surface area contributed by atoms with Crippen molar-refractivity contribution in [2.45, 2.75) is 19.5 Å². The van der Waals surface area contributed by atoms with E-state index in [1.807, 2.05) is 36.4 Å². The molecule has 2 nitrogen and oxygen atoms in total. The number of hydrogen-bond donors (Lipinski definition) is 1. The van der Waals surface area contributed by atoms with Crippen LogP contribution in [-0.4, -0.2) is 0 Å². The Bertz CT molecular complexity index is 584. The normalized spacial score (nSPS) is 11.8. The van der Waals surface area contributed by atoms with Gasteiger partial charge >= 0.3 is 0 Å². The van der Waals surface area contributed by atoms with Gasteiger partial charge in [-0.15, -0.1) is 0 Å². The maximum atomic E-state index is 9.05. The Kier molecular flexibility index (Phi) is 4.73. The van der Waals surface area contributed by atoms with E-state index in [9.17, 15) is 0 Å². The van der Waals surface area contributed by atoms with Crippen molar-refractivity contribution in [3.05, 3.63) is 69.7 Å². The molecule has 96 valence electrons. The zero-order valence-corrected chi connectivity index (χ0v) is 12.3. The molecular weight excluding hydrogens is 300 g/mol. The molecule has 0 fully saturated rings. The summed E-state index contributed by atoms with van der Waals surface area (Å²) in [7, 11) is 0. The highest BCUT2D eigenvalue weighted by atomic mass is 79.9. The Morgan fingerprint density at radius 2 is 1.84 bits per heavy atom. The zero-order valence-electron chi connectivity index (χ0n) is 10.7. The van der Waals surface area contributed by atoms with Crippen molar-refractivity contribution in [3.63, 3.8) is 0 Å². The summed E-state index contributed by atoms with van der Waals surface area (Å²) in [5, 5.41) is 12.5. The van der Waals surface area contributed by atoms with Crippen LogP contribution in [0.1, 0.15) is 29.7 Å². The molecule has 0 spiro atoms. The topological polar surface area (TPSA) is 35.8 Å². The van der Waals surface area contributed by atoms with E-state index >= 15 is 0 Å². The van der Waals surface area contributed by atoms with Crippen molar-refractivity contribution in [3.8, 4) is 6.07 Å². The van der Waals surface area contributed by atoms with Crippen LogP contribution in [-0.2, 0) is 6.54 Å². The molecule has 19 heavy (non-hydrogen) atoms. The lowest BCUT2D eigenvalue weighted by molar-refractivity contribution is 0.574. The van der Waals surface area contributed by atoms with E-state index in [2.05, 4.69) is 46.4 Å². The van der Waals surface area contributed by atoms with E-state index in [4.69, 9.17) is 5.26 Å². The number of hydrogen-bond acceptors (Lipinski definition) is 2. The standard InChI is InChI=1S/C16H15BrN2/c1-12(13-6-8-16(17)9-7-13)19-11-15-5-3-2-4-14(15)10-18/h2-9,12,19H,11H2,1H3. The van der Waals surface area contributed by atoms with Crippen LogP contribution in [0.3, 0.4) is 0 Å². The Morgan fingerprint density at radius 1 is 1.16 bits per heavy atom. The minimum absolute atomic E-state index is 0.250. The second-order valence-electron chi connectivity index (χ2n) is 4.42. The molecule has 3 heteroatoms. The molecule has 1 N–H and O–H groups in total. The number of nitriles is 1. The van der Waals surface area contributed by atoms with Gasteiger partial charge in [-0.05, 0) is 36.2 Å². The Hall–Kier alpha value is -1.63. The second-order valence-corrected chi connectivity index (χ2v) is 5.34. The summed E-state index contributed by atoms with van der Waals surface area (Å²) >= 11 is 3.43. The van der Waals surface area contributed by atoms with Gasteiger partial charge in [0.15, 0.2) is 0 Å². The predicted molar refractivity (Wildman–Crippen MR) is 80.6 cm³/mol. The maximum absolute atomic E-state index is 9.05. The molecule has 0 aliphatic carbocycles. The first-order valence-corrected chi connectivity index (χ1v) is 6.97. The molecule has 2 aromatic carbocycles. The van der Waals surface area contributed by atoms with Crippen molar-refractivity contribution < 1.29 is 0 Å². The number of rotatable bonds is 4. The number of nitrogens with one attached hydrogen (secondary N) is 1. The minimum Gasteiger partial charge on any atom is -0.306 e. The highest BCUT2D eigenvalue weighted by molar-refractivity contribution is 9.10. The fourth-order valence-electron chi connectivity index (χ4n) is 1.92. The zero-order chi connectivity index (χ0) is 13.7. The molecule has 1 unspecified atom stereocenters. The van der Waals surface area contributed by atoms with Crippen molar-refractivity contribution in [2.24, 2.45) is 0 Å². The molecule has 0 aromatic heterocycles. The van der Waals surface area contributed by atoms with Crippen LogP contribution in [0, 0.1) is 11.3 Å². The van der Waals surface area contributed by atoms with Crippen LogP contribution in [0.2, 0.25) is 0 Å². The van der Waals surface area contributed by atoms with Gasteiger partial charge in [-0.25, -0.2) is 0 Å². The van der Waals surface area contributed by atoms with E-state index in [1.54, 1.807) is 0 Å². The molecule has 0 heterocycles. The molecule has 0 saturated carbocycles. The summed E-state index contributed by atoms with van der Waals surface area (Å²) in [4.78, 5) is 0. The van der Waals surface area contributed by atoms with Crippen LogP contribution in [0.15, 0.2) is 53.0 Å². The van der Waals surface area contributed by atoms with Crippen LogP contribution >= 0.6 is 15.9 Å². The van der Waals surface area contributed by atoms with Gasteiger partial charge in [0.2, 0.25) is 0 Å². The lowest BCUT2D eigenvalue weighted by Gasteiger charge is -2.15. The lowest BCUT2D eigenvalue weighted by Crippen LogP contribution is -2.18. The molecule has 0 bridgehead atoms. The minimum atomic E-state index is 0.250. The van der Waals surface area contributed by atoms with Gasteiger partial charge in [0, 0.05) is 17.1 Å². The first-order valence-electron chi connectivity index (χ1n) is 6.17. The third-order valence-corrected chi connectivity index (χ3v) is 3.64. The molecule has 2 aromatic rings. The third-order valence-electron chi connectivity index (χ3n) is 3.11. The highest BCUT2D eigenvalue weighted by Gasteiger charge is 2.06. The van der Waals surface area contributed by atoms with Crippen LogP contribution in [0.25, 0.3) is 0 Å². The van der Waals surface area contributed by atoms with Gasteiger partial charge in [0.05, 0.1) is 11.6 Å². The molecule has 2 rings (SSSR count). The summed E-state index contributed by atoms with van der Waals surface area (Å²) in [6.07, 6.45) is 0. The van der Waals surface area contributed by atoms with Gasteiger partial charge in [-0.1, -0.05) is 46.3 Å². The molecular formula is C16H15BrN2. The average Bonchev–Trinajstić information content (AvgIpc) is 2.45. The second kappa shape index (κ2) is 6.51. The smallest absolute Gasteiger partial charge is 0.0995 e. The monoisotopic (exact) mass is 314 g/mol. The van der Waals surface area contributed by atoms with Gasteiger partial charge < -0.3 is 5.32 Å². The quantitative estimate of drug-likeness (QED) is 0.919. The van der Waals surface area contributed by atoms with E-state index in [1.165, 1.54) is 5.56 Å².